The summed E-state index contributed by atoms with van der Waals surface area (Å²) in [5.41, 5.74) is 0.537. The molecular formula is C12H15Cl2NO2. The number of anilines is 1. The molecule has 0 heterocycles. The number of aromatic carboxylic acids is 1. The van der Waals surface area contributed by atoms with E-state index in [9.17, 15) is 4.79 Å². The predicted octanol–water partition coefficient (Wildman–Crippen LogP) is 4.15. The largest absolute Gasteiger partial charge is 0.478 e. The van der Waals surface area contributed by atoms with Crippen molar-refractivity contribution in [1.82, 2.24) is 0 Å². The SMILES string of the molecule is CC(C)CCNc1c(Cl)cc(Cl)cc1C(=O)O. The molecule has 0 saturated carbocycles. The maximum Gasteiger partial charge on any atom is 0.337 e. The summed E-state index contributed by atoms with van der Waals surface area (Å²) >= 11 is 11.8. The third kappa shape index (κ3) is 4.10. The molecule has 1 rings (SSSR count). The van der Waals surface area contributed by atoms with E-state index in [2.05, 4.69) is 19.2 Å². The first-order chi connectivity index (χ1) is 7.91. The van der Waals surface area contributed by atoms with Crippen molar-refractivity contribution in [1.29, 1.82) is 0 Å². The molecule has 0 spiro atoms. The van der Waals surface area contributed by atoms with Crippen molar-refractivity contribution in [3.63, 3.8) is 0 Å². The second-order valence-corrected chi connectivity index (χ2v) is 5.07. The van der Waals surface area contributed by atoms with Gasteiger partial charge in [-0.3, -0.25) is 0 Å². The molecule has 1 aromatic rings. The van der Waals surface area contributed by atoms with Crippen molar-refractivity contribution in [3.05, 3.63) is 27.7 Å². The monoisotopic (exact) mass is 275 g/mol. The Labute approximate surface area is 111 Å². The van der Waals surface area contributed by atoms with Gasteiger partial charge in [-0.25, -0.2) is 4.79 Å². The smallest absolute Gasteiger partial charge is 0.337 e. The Morgan fingerprint density at radius 1 is 1.41 bits per heavy atom. The van der Waals surface area contributed by atoms with Crippen LogP contribution >= 0.6 is 23.2 Å². The van der Waals surface area contributed by atoms with E-state index in [1.54, 1.807) is 0 Å². The van der Waals surface area contributed by atoms with Crippen LogP contribution in [0.1, 0.15) is 30.6 Å². The zero-order valence-corrected chi connectivity index (χ0v) is 11.3. The third-order valence-corrected chi connectivity index (χ3v) is 2.83. The molecule has 0 unspecified atom stereocenters. The van der Waals surface area contributed by atoms with Crippen molar-refractivity contribution >= 4 is 34.9 Å². The van der Waals surface area contributed by atoms with Crippen LogP contribution in [-0.4, -0.2) is 17.6 Å². The van der Waals surface area contributed by atoms with Gasteiger partial charge in [-0.1, -0.05) is 37.0 Å². The minimum atomic E-state index is -1.04. The van der Waals surface area contributed by atoms with Gasteiger partial charge in [0, 0.05) is 11.6 Å². The van der Waals surface area contributed by atoms with Gasteiger partial charge in [0.15, 0.2) is 0 Å². The van der Waals surface area contributed by atoms with E-state index in [1.807, 2.05) is 0 Å². The maximum absolute atomic E-state index is 11.1. The van der Waals surface area contributed by atoms with Crippen LogP contribution in [-0.2, 0) is 0 Å². The van der Waals surface area contributed by atoms with Crippen LogP contribution in [0.4, 0.5) is 5.69 Å². The van der Waals surface area contributed by atoms with Crippen molar-refractivity contribution in [3.8, 4) is 0 Å². The van der Waals surface area contributed by atoms with Gasteiger partial charge in [-0.05, 0) is 24.5 Å². The molecule has 17 heavy (non-hydrogen) atoms. The molecule has 5 heteroatoms. The Balaban J connectivity index is 2.92. The van der Waals surface area contributed by atoms with E-state index >= 15 is 0 Å². The van der Waals surface area contributed by atoms with Gasteiger partial charge in [0.2, 0.25) is 0 Å². The van der Waals surface area contributed by atoms with E-state index in [4.69, 9.17) is 28.3 Å². The first-order valence-electron chi connectivity index (χ1n) is 5.38. The summed E-state index contributed by atoms with van der Waals surface area (Å²) < 4.78 is 0. The highest BCUT2D eigenvalue weighted by molar-refractivity contribution is 6.37. The third-order valence-electron chi connectivity index (χ3n) is 2.31. The summed E-state index contributed by atoms with van der Waals surface area (Å²) in [5.74, 6) is -0.497. The summed E-state index contributed by atoms with van der Waals surface area (Å²) in [5, 5.41) is 12.8. The number of hydrogen-bond acceptors (Lipinski definition) is 2. The lowest BCUT2D eigenvalue weighted by molar-refractivity contribution is 0.0698. The summed E-state index contributed by atoms with van der Waals surface area (Å²) in [6.45, 7) is 4.88. The molecule has 0 aliphatic carbocycles. The van der Waals surface area contributed by atoms with Gasteiger partial charge >= 0.3 is 5.97 Å². The van der Waals surface area contributed by atoms with Crippen molar-refractivity contribution in [2.45, 2.75) is 20.3 Å². The molecule has 0 radical (unpaired) electrons. The normalized spacial score (nSPS) is 10.6. The molecule has 0 fully saturated rings. The number of carbonyl (C=O) groups is 1. The average molecular weight is 276 g/mol. The lowest BCUT2D eigenvalue weighted by Gasteiger charge is -2.13. The van der Waals surface area contributed by atoms with E-state index in [0.717, 1.165) is 6.42 Å². The van der Waals surface area contributed by atoms with E-state index in [-0.39, 0.29) is 5.56 Å². The van der Waals surface area contributed by atoms with E-state index < -0.39 is 5.97 Å². The molecule has 0 aliphatic heterocycles. The summed E-state index contributed by atoms with van der Waals surface area (Å²) in [6, 6.07) is 2.93. The number of halogens is 2. The van der Waals surface area contributed by atoms with E-state index in [0.29, 0.717) is 28.2 Å². The van der Waals surface area contributed by atoms with Crippen LogP contribution in [0, 0.1) is 5.92 Å². The van der Waals surface area contributed by atoms with Gasteiger partial charge in [-0.15, -0.1) is 0 Å². The quantitative estimate of drug-likeness (QED) is 0.849. The van der Waals surface area contributed by atoms with E-state index in [1.165, 1.54) is 12.1 Å². The highest BCUT2D eigenvalue weighted by Gasteiger charge is 2.14. The van der Waals surface area contributed by atoms with Gasteiger partial charge in [-0.2, -0.15) is 0 Å². The molecule has 2 N–H and O–H groups in total. The lowest BCUT2D eigenvalue weighted by atomic mass is 10.1. The first kappa shape index (κ1) is 14.1. The van der Waals surface area contributed by atoms with Crippen molar-refractivity contribution < 1.29 is 9.90 Å². The molecule has 0 aliphatic rings. The Kier molecular flexibility index (Phi) is 5.09. The highest BCUT2D eigenvalue weighted by atomic mass is 35.5. The predicted molar refractivity (Wildman–Crippen MR) is 71.4 cm³/mol. The Morgan fingerprint density at radius 3 is 2.59 bits per heavy atom. The average Bonchev–Trinajstić information content (AvgIpc) is 2.19. The van der Waals surface area contributed by atoms with Crippen LogP contribution in [0.15, 0.2) is 12.1 Å². The second kappa shape index (κ2) is 6.12. The first-order valence-corrected chi connectivity index (χ1v) is 6.13. The Bertz CT molecular complexity index is 419. The molecule has 3 nitrogen and oxygen atoms in total. The summed E-state index contributed by atoms with van der Waals surface area (Å²) in [7, 11) is 0. The van der Waals surface area contributed by atoms with Gasteiger partial charge in [0.05, 0.1) is 16.3 Å². The van der Waals surface area contributed by atoms with Crippen LogP contribution in [0.25, 0.3) is 0 Å². The molecular weight excluding hydrogens is 261 g/mol. The molecule has 0 saturated heterocycles. The lowest BCUT2D eigenvalue weighted by Crippen LogP contribution is -2.10. The molecule has 0 amide bonds. The van der Waals surface area contributed by atoms with Crippen LogP contribution in [0.5, 0.6) is 0 Å². The van der Waals surface area contributed by atoms with Gasteiger partial charge in [0.25, 0.3) is 0 Å². The minimum absolute atomic E-state index is 0.103. The summed E-state index contributed by atoms with van der Waals surface area (Å²) in [6.07, 6.45) is 0.942. The molecule has 0 atom stereocenters. The number of rotatable bonds is 5. The molecule has 0 aromatic heterocycles. The number of carboxylic acids is 1. The summed E-state index contributed by atoms with van der Waals surface area (Å²) in [4.78, 5) is 11.1. The van der Waals surface area contributed by atoms with Crippen LogP contribution < -0.4 is 5.32 Å². The number of hydrogen-bond donors (Lipinski definition) is 2. The number of carboxylic acid groups (broad SMARTS) is 1. The minimum Gasteiger partial charge on any atom is -0.478 e. The molecule has 0 bridgehead atoms. The fourth-order valence-electron chi connectivity index (χ4n) is 1.41. The fourth-order valence-corrected chi connectivity index (χ4v) is 1.97. The molecule has 1 aromatic carbocycles. The van der Waals surface area contributed by atoms with Gasteiger partial charge < -0.3 is 10.4 Å². The Hall–Kier alpha value is -0.930. The number of benzene rings is 1. The van der Waals surface area contributed by atoms with Gasteiger partial charge in [0.1, 0.15) is 0 Å². The van der Waals surface area contributed by atoms with Crippen molar-refractivity contribution in [2.75, 3.05) is 11.9 Å². The fraction of sp³-hybridized carbons (Fsp3) is 0.417. The zero-order chi connectivity index (χ0) is 13.0. The maximum atomic E-state index is 11.1. The van der Waals surface area contributed by atoms with Crippen LogP contribution in [0.3, 0.4) is 0 Å². The van der Waals surface area contributed by atoms with Crippen LogP contribution in [0.2, 0.25) is 10.0 Å². The topological polar surface area (TPSA) is 49.3 Å². The van der Waals surface area contributed by atoms with Crippen molar-refractivity contribution in [2.24, 2.45) is 5.92 Å². The Morgan fingerprint density at radius 2 is 2.06 bits per heavy atom. The number of nitrogens with one attached hydrogen (secondary N) is 1. The second-order valence-electron chi connectivity index (χ2n) is 4.22. The standard InChI is InChI=1S/C12H15Cl2NO2/c1-7(2)3-4-15-11-9(12(16)17)5-8(13)6-10(11)14/h5-7,15H,3-4H2,1-2H3,(H,16,17). The highest BCUT2D eigenvalue weighted by Crippen LogP contribution is 2.30. The zero-order valence-electron chi connectivity index (χ0n) is 9.76. The molecule has 94 valence electrons.